The average molecular weight is 328 g/mol. The van der Waals surface area contributed by atoms with Crippen molar-refractivity contribution in [2.75, 3.05) is 5.32 Å². The predicted octanol–water partition coefficient (Wildman–Crippen LogP) is 5.42. The molecule has 1 aliphatic carbocycles. The van der Waals surface area contributed by atoms with Gasteiger partial charge in [0.05, 0.1) is 10.7 Å². The molecule has 2 aromatic rings. The minimum atomic E-state index is 0.132. The van der Waals surface area contributed by atoms with Gasteiger partial charge in [0.15, 0.2) is 0 Å². The fourth-order valence-electron chi connectivity index (χ4n) is 3.25. The van der Waals surface area contributed by atoms with E-state index < -0.39 is 0 Å². The van der Waals surface area contributed by atoms with Crippen LogP contribution in [0.2, 0.25) is 0 Å². The number of rotatable bonds is 5. The quantitative estimate of drug-likeness (QED) is 0.796. The Bertz CT molecular complexity index is 642. The normalized spacial score (nSPS) is 15.5. The smallest absolute Gasteiger partial charge is 0.224 e. The maximum Gasteiger partial charge on any atom is 0.224 e. The van der Waals surface area contributed by atoms with Crippen molar-refractivity contribution in [1.29, 1.82) is 0 Å². The molecule has 23 heavy (non-hydrogen) atoms. The highest BCUT2D eigenvalue weighted by Crippen LogP contribution is 2.27. The van der Waals surface area contributed by atoms with Crippen LogP contribution in [0.4, 0.5) is 5.69 Å². The van der Waals surface area contributed by atoms with Crippen LogP contribution in [0.1, 0.15) is 50.0 Å². The highest BCUT2D eigenvalue weighted by atomic mass is 32.1. The molecule has 3 nitrogen and oxygen atoms in total. The molecule has 1 N–H and O–H groups in total. The number of nitrogens with one attached hydrogen (secondary N) is 1. The van der Waals surface area contributed by atoms with Crippen molar-refractivity contribution in [3.05, 3.63) is 34.7 Å². The summed E-state index contributed by atoms with van der Waals surface area (Å²) in [4.78, 5) is 16.6. The topological polar surface area (TPSA) is 42.0 Å². The number of hydrogen-bond acceptors (Lipinski definition) is 3. The van der Waals surface area contributed by atoms with Crippen LogP contribution in [-0.4, -0.2) is 10.9 Å². The first kappa shape index (κ1) is 16.2. The van der Waals surface area contributed by atoms with E-state index in [0.717, 1.165) is 34.3 Å². The third-order valence-corrected chi connectivity index (χ3v) is 5.36. The maximum atomic E-state index is 12.1. The fraction of sp³-hybridized carbons (Fsp3) is 0.474. The third kappa shape index (κ3) is 4.64. The number of carbonyl (C=O) groups is 1. The molecular weight excluding hydrogens is 304 g/mol. The number of carbonyl (C=O) groups excluding carboxylic acids is 1. The second kappa shape index (κ2) is 7.73. The zero-order chi connectivity index (χ0) is 16.1. The Kier molecular flexibility index (Phi) is 5.44. The zero-order valence-electron chi connectivity index (χ0n) is 13.7. The van der Waals surface area contributed by atoms with E-state index in [1.807, 2.05) is 31.2 Å². The molecule has 1 fully saturated rings. The Morgan fingerprint density at radius 1 is 1.22 bits per heavy atom. The van der Waals surface area contributed by atoms with E-state index >= 15 is 0 Å². The molecule has 4 heteroatoms. The third-order valence-electron chi connectivity index (χ3n) is 4.59. The highest BCUT2D eigenvalue weighted by Gasteiger charge is 2.14. The number of benzene rings is 1. The zero-order valence-corrected chi connectivity index (χ0v) is 14.5. The van der Waals surface area contributed by atoms with Gasteiger partial charge in [-0.2, -0.15) is 0 Å². The van der Waals surface area contributed by atoms with E-state index in [0.29, 0.717) is 6.42 Å². The largest absolute Gasteiger partial charge is 0.326 e. The molecular formula is C19H24N2OS. The minimum Gasteiger partial charge on any atom is -0.326 e. The minimum absolute atomic E-state index is 0.132. The lowest BCUT2D eigenvalue weighted by Gasteiger charge is -2.21. The second-order valence-electron chi connectivity index (χ2n) is 6.42. The second-order valence-corrected chi connectivity index (χ2v) is 7.48. The predicted molar refractivity (Wildman–Crippen MR) is 96.7 cm³/mol. The lowest BCUT2D eigenvalue weighted by molar-refractivity contribution is -0.116. The Morgan fingerprint density at radius 2 is 1.96 bits per heavy atom. The molecule has 1 aromatic carbocycles. The molecule has 0 atom stereocenters. The Morgan fingerprint density at radius 3 is 2.61 bits per heavy atom. The molecule has 1 aliphatic rings. The monoisotopic (exact) mass is 328 g/mol. The Labute approximate surface area is 142 Å². The Hall–Kier alpha value is -1.68. The van der Waals surface area contributed by atoms with E-state index in [-0.39, 0.29) is 5.91 Å². The van der Waals surface area contributed by atoms with Crippen molar-refractivity contribution < 1.29 is 4.79 Å². The van der Waals surface area contributed by atoms with Gasteiger partial charge in [-0.1, -0.05) is 44.2 Å². The van der Waals surface area contributed by atoms with Crippen molar-refractivity contribution >= 4 is 22.9 Å². The molecule has 1 amide bonds. The highest BCUT2D eigenvalue weighted by molar-refractivity contribution is 7.09. The van der Waals surface area contributed by atoms with Gasteiger partial charge >= 0.3 is 0 Å². The maximum absolute atomic E-state index is 12.1. The molecule has 122 valence electrons. The van der Waals surface area contributed by atoms with Crippen molar-refractivity contribution in [2.24, 2.45) is 5.92 Å². The van der Waals surface area contributed by atoms with Crippen LogP contribution in [0.5, 0.6) is 0 Å². The van der Waals surface area contributed by atoms with Gasteiger partial charge in [-0.05, 0) is 31.4 Å². The van der Waals surface area contributed by atoms with Crippen LogP contribution in [0.15, 0.2) is 29.6 Å². The molecule has 3 rings (SSSR count). The van der Waals surface area contributed by atoms with Crippen LogP contribution in [0, 0.1) is 12.8 Å². The summed E-state index contributed by atoms with van der Waals surface area (Å²) < 4.78 is 0. The van der Waals surface area contributed by atoms with Crippen LogP contribution >= 0.6 is 11.3 Å². The average Bonchev–Trinajstić information content (AvgIpc) is 3.01. The number of thiazole rings is 1. The molecule has 0 radical (unpaired) electrons. The summed E-state index contributed by atoms with van der Waals surface area (Å²) in [5.41, 5.74) is 2.96. The molecule has 0 aliphatic heterocycles. The number of aryl methyl sites for hydroxylation is 1. The molecule has 0 bridgehead atoms. The molecule has 0 unspecified atom stereocenters. The van der Waals surface area contributed by atoms with Crippen molar-refractivity contribution in [3.8, 4) is 11.3 Å². The van der Waals surface area contributed by atoms with Gasteiger partial charge in [-0.25, -0.2) is 4.98 Å². The summed E-state index contributed by atoms with van der Waals surface area (Å²) in [5, 5.41) is 6.14. The van der Waals surface area contributed by atoms with E-state index in [1.165, 1.54) is 32.1 Å². The molecule has 1 saturated carbocycles. The van der Waals surface area contributed by atoms with Gasteiger partial charge in [0.25, 0.3) is 0 Å². The fourth-order valence-corrected chi connectivity index (χ4v) is 3.88. The van der Waals surface area contributed by atoms with Crippen LogP contribution in [-0.2, 0) is 4.79 Å². The molecule has 1 heterocycles. The van der Waals surface area contributed by atoms with E-state index in [9.17, 15) is 4.79 Å². The van der Waals surface area contributed by atoms with Gasteiger partial charge in [-0.15, -0.1) is 11.3 Å². The summed E-state index contributed by atoms with van der Waals surface area (Å²) in [6.07, 6.45) is 8.31. The van der Waals surface area contributed by atoms with Crippen LogP contribution in [0.3, 0.4) is 0 Å². The van der Waals surface area contributed by atoms with Gasteiger partial charge in [0, 0.05) is 23.1 Å². The summed E-state index contributed by atoms with van der Waals surface area (Å²) >= 11 is 1.65. The van der Waals surface area contributed by atoms with Crippen molar-refractivity contribution in [2.45, 2.75) is 51.9 Å². The van der Waals surface area contributed by atoms with Gasteiger partial charge in [-0.3, -0.25) is 4.79 Å². The van der Waals surface area contributed by atoms with Crippen molar-refractivity contribution in [1.82, 2.24) is 4.98 Å². The van der Waals surface area contributed by atoms with E-state index in [2.05, 4.69) is 15.7 Å². The first-order valence-corrected chi connectivity index (χ1v) is 9.41. The Balaban J connectivity index is 1.50. The van der Waals surface area contributed by atoms with Crippen LogP contribution in [0.25, 0.3) is 11.3 Å². The first-order valence-electron chi connectivity index (χ1n) is 8.53. The summed E-state index contributed by atoms with van der Waals surface area (Å²) in [5.74, 6) is 0.887. The van der Waals surface area contributed by atoms with Gasteiger partial charge in [0.2, 0.25) is 5.91 Å². The number of anilines is 1. The summed E-state index contributed by atoms with van der Waals surface area (Å²) in [6, 6.07) is 7.96. The van der Waals surface area contributed by atoms with Crippen LogP contribution < -0.4 is 5.32 Å². The number of amides is 1. The summed E-state index contributed by atoms with van der Waals surface area (Å²) in [7, 11) is 0. The standard InChI is InChI=1S/C19H24N2OS/c1-14-20-18(13-23-14)16-8-10-17(11-9-16)21-19(22)12-7-15-5-3-2-4-6-15/h8-11,13,15H,2-7,12H2,1H3,(H,21,22). The molecule has 0 spiro atoms. The number of aromatic nitrogens is 1. The number of hydrogen-bond donors (Lipinski definition) is 1. The number of nitrogens with zero attached hydrogens (tertiary/aromatic N) is 1. The van der Waals surface area contributed by atoms with E-state index in [4.69, 9.17) is 0 Å². The molecule has 1 aromatic heterocycles. The van der Waals surface area contributed by atoms with Gasteiger partial charge in [0.1, 0.15) is 0 Å². The SMILES string of the molecule is Cc1nc(-c2ccc(NC(=O)CCC3CCCCC3)cc2)cs1. The first-order chi connectivity index (χ1) is 11.2. The van der Waals surface area contributed by atoms with Gasteiger partial charge < -0.3 is 5.32 Å². The van der Waals surface area contributed by atoms with Crippen molar-refractivity contribution in [3.63, 3.8) is 0 Å². The lowest BCUT2D eigenvalue weighted by Crippen LogP contribution is -2.14. The summed E-state index contributed by atoms with van der Waals surface area (Å²) in [6.45, 7) is 2.01. The lowest BCUT2D eigenvalue weighted by atomic mass is 9.86. The molecule has 0 saturated heterocycles. The van der Waals surface area contributed by atoms with E-state index in [1.54, 1.807) is 11.3 Å².